The molecule has 32 heavy (non-hydrogen) atoms. The number of carbonyl (C=O) groups is 1. The van der Waals surface area contributed by atoms with Crippen LogP contribution in [0.15, 0.2) is 18.2 Å². The van der Waals surface area contributed by atoms with E-state index in [0.29, 0.717) is 48.1 Å². The Bertz CT molecular complexity index is 858. The molecule has 180 valence electrons. The van der Waals surface area contributed by atoms with E-state index in [4.69, 9.17) is 23.2 Å². The van der Waals surface area contributed by atoms with Crippen molar-refractivity contribution in [2.45, 2.75) is 45.3 Å². The molecule has 2 atom stereocenters. The van der Waals surface area contributed by atoms with E-state index >= 15 is 0 Å². The molecular weight excluding hydrogens is 469 g/mol. The van der Waals surface area contributed by atoms with Gasteiger partial charge < -0.3 is 10.2 Å². The van der Waals surface area contributed by atoms with Gasteiger partial charge in [0.25, 0.3) is 0 Å². The number of carbonyl (C=O) groups excluding carboxylic acids is 1. The van der Waals surface area contributed by atoms with Crippen LogP contribution < -0.4 is 5.32 Å². The Kier molecular flexibility index (Phi) is 9.27. The molecule has 2 aliphatic heterocycles. The van der Waals surface area contributed by atoms with Crippen LogP contribution in [0.1, 0.15) is 45.1 Å². The van der Waals surface area contributed by atoms with E-state index in [9.17, 15) is 13.2 Å². The molecule has 2 saturated heterocycles. The quantitative estimate of drug-likeness (QED) is 0.543. The summed E-state index contributed by atoms with van der Waals surface area (Å²) in [7, 11) is -3.55. The van der Waals surface area contributed by atoms with E-state index in [1.165, 1.54) is 10.7 Å². The number of nitrogens with one attached hydrogen (secondary N) is 1. The Morgan fingerprint density at radius 2 is 1.69 bits per heavy atom. The molecule has 0 aromatic heterocycles. The fourth-order valence-electron chi connectivity index (χ4n) is 4.97. The van der Waals surface area contributed by atoms with Crippen LogP contribution in [-0.4, -0.2) is 62.8 Å². The fourth-order valence-corrected chi connectivity index (χ4v) is 7.29. The van der Waals surface area contributed by atoms with Crippen LogP contribution in [0.4, 0.5) is 0 Å². The lowest BCUT2D eigenvalue weighted by atomic mass is 9.92. The molecule has 0 aliphatic carbocycles. The molecule has 1 aromatic rings. The van der Waals surface area contributed by atoms with Gasteiger partial charge in [0.05, 0.1) is 5.75 Å². The zero-order valence-electron chi connectivity index (χ0n) is 19.0. The van der Waals surface area contributed by atoms with Crippen LogP contribution >= 0.6 is 23.2 Å². The maximum atomic E-state index is 12.8. The molecule has 1 amide bonds. The van der Waals surface area contributed by atoms with Gasteiger partial charge >= 0.3 is 0 Å². The number of sulfonamides is 1. The molecule has 6 nitrogen and oxygen atoms in total. The first-order valence-electron chi connectivity index (χ1n) is 11.6. The molecule has 0 saturated carbocycles. The molecule has 1 aromatic carbocycles. The van der Waals surface area contributed by atoms with E-state index < -0.39 is 10.0 Å². The van der Waals surface area contributed by atoms with E-state index in [0.717, 1.165) is 37.9 Å². The van der Waals surface area contributed by atoms with E-state index in [2.05, 4.69) is 24.1 Å². The smallest absolute Gasteiger partial charge is 0.223 e. The van der Waals surface area contributed by atoms with Crippen molar-refractivity contribution in [1.29, 1.82) is 0 Å². The van der Waals surface area contributed by atoms with Crippen LogP contribution in [0.2, 0.25) is 10.0 Å². The lowest BCUT2D eigenvalue weighted by Crippen LogP contribution is -2.44. The summed E-state index contributed by atoms with van der Waals surface area (Å²) in [5.74, 6) is 1.15. The van der Waals surface area contributed by atoms with Gasteiger partial charge in [-0.25, -0.2) is 12.7 Å². The topological polar surface area (TPSA) is 69.7 Å². The highest BCUT2D eigenvalue weighted by molar-refractivity contribution is 7.88. The van der Waals surface area contributed by atoms with Crippen molar-refractivity contribution in [3.63, 3.8) is 0 Å². The van der Waals surface area contributed by atoms with Crippen molar-refractivity contribution in [1.82, 2.24) is 14.5 Å². The molecule has 0 radical (unpaired) electrons. The second-order valence-electron chi connectivity index (χ2n) is 9.48. The Balaban J connectivity index is 1.40. The predicted molar refractivity (Wildman–Crippen MR) is 130 cm³/mol. The van der Waals surface area contributed by atoms with Crippen LogP contribution in [0.5, 0.6) is 0 Å². The number of rotatable bonds is 8. The molecule has 2 heterocycles. The van der Waals surface area contributed by atoms with Gasteiger partial charge in [-0.05, 0) is 56.2 Å². The second-order valence-corrected chi connectivity index (χ2v) is 12.3. The van der Waals surface area contributed by atoms with Gasteiger partial charge in [-0.3, -0.25) is 4.79 Å². The van der Waals surface area contributed by atoms with E-state index in [1.807, 2.05) is 0 Å². The number of benzene rings is 1. The Hall–Kier alpha value is -0.860. The van der Waals surface area contributed by atoms with Crippen molar-refractivity contribution >= 4 is 39.1 Å². The molecule has 0 bridgehead atoms. The van der Waals surface area contributed by atoms with Crippen LogP contribution in [-0.2, 0) is 20.6 Å². The maximum Gasteiger partial charge on any atom is 0.223 e. The van der Waals surface area contributed by atoms with Crippen molar-refractivity contribution in [2.24, 2.45) is 17.8 Å². The molecule has 0 unspecified atom stereocenters. The summed E-state index contributed by atoms with van der Waals surface area (Å²) < 4.78 is 27.1. The zero-order valence-corrected chi connectivity index (χ0v) is 21.4. The van der Waals surface area contributed by atoms with Gasteiger partial charge in [-0.2, -0.15) is 0 Å². The van der Waals surface area contributed by atoms with E-state index in [-0.39, 0.29) is 17.6 Å². The van der Waals surface area contributed by atoms with E-state index in [1.54, 1.807) is 18.2 Å². The number of hydrogen-bond acceptors (Lipinski definition) is 4. The SMILES string of the molecule is C[C@@H]1C[C@@H](C)CN(CCCNC(=O)C2CCN(S(=O)(=O)Cc3c(Cl)cccc3Cl)CC2)C1. The lowest BCUT2D eigenvalue weighted by Gasteiger charge is -2.35. The molecule has 0 spiro atoms. The highest BCUT2D eigenvalue weighted by atomic mass is 35.5. The number of amides is 1. The third-order valence-electron chi connectivity index (χ3n) is 6.50. The number of halogens is 2. The van der Waals surface area contributed by atoms with Gasteiger partial charge in [0.15, 0.2) is 0 Å². The molecule has 2 aliphatic rings. The fraction of sp³-hybridized carbons (Fsp3) is 0.696. The number of piperidine rings is 2. The average molecular weight is 505 g/mol. The summed E-state index contributed by atoms with van der Waals surface area (Å²) in [6.07, 6.45) is 3.30. The number of nitrogens with zero attached hydrogens (tertiary/aromatic N) is 2. The highest BCUT2D eigenvalue weighted by Crippen LogP contribution is 2.29. The van der Waals surface area contributed by atoms with Gasteiger partial charge in [-0.15, -0.1) is 0 Å². The molecule has 3 rings (SSSR count). The first-order valence-corrected chi connectivity index (χ1v) is 13.9. The first kappa shape index (κ1) is 25.8. The second kappa shape index (κ2) is 11.5. The largest absolute Gasteiger partial charge is 0.356 e. The Morgan fingerprint density at radius 3 is 2.28 bits per heavy atom. The van der Waals surface area contributed by atoms with Gasteiger partial charge in [-0.1, -0.05) is 43.1 Å². The van der Waals surface area contributed by atoms with Gasteiger partial charge in [0, 0.05) is 54.3 Å². The normalized spacial score (nSPS) is 23.9. The zero-order chi connectivity index (χ0) is 23.3. The van der Waals surface area contributed by atoms with Crippen molar-refractivity contribution in [3.8, 4) is 0 Å². The molecule has 1 N–H and O–H groups in total. The highest BCUT2D eigenvalue weighted by Gasteiger charge is 2.32. The predicted octanol–water partition coefficient (Wildman–Crippen LogP) is 4.02. The minimum atomic E-state index is -3.55. The number of hydrogen-bond donors (Lipinski definition) is 1. The van der Waals surface area contributed by atoms with Crippen LogP contribution in [0, 0.1) is 17.8 Å². The summed E-state index contributed by atoms with van der Waals surface area (Å²) in [6, 6.07) is 4.97. The van der Waals surface area contributed by atoms with Crippen LogP contribution in [0.3, 0.4) is 0 Å². The molecule has 9 heteroatoms. The summed E-state index contributed by atoms with van der Waals surface area (Å²) in [5, 5.41) is 3.76. The minimum Gasteiger partial charge on any atom is -0.356 e. The maximum absolute atomic E-state index is 12.8. The Labute approximate surface area is 202 Å². The van der Waals surface area contributed by atoms with Crippen LogP contribution in [0.25, 0.3) is 0 Å². The summed E-state index contributed by atoms with van der Waals surface area (Å²) in [6.45, 7) is 9.26. The third kappa shape index (κ3) is 7.07. The average Bonchev–Trinajstić information content (AvgIpc) is 2.73. The summed E-state index contributed by atoms with van der Waals surface area (Å²) in [4.78, 5) is 15.1. The van der Waals surface area contributed by atoms with Gasteiger partial charge in [0.1, 0.15) is 0 Å². The molecular formula is C23H35Cl2N3O3S. The third-order valence-corrected chi connectivity index (χ3v) is 9.01. The monoisotopic (exact) mass is 503 g/mol. The number of likely N-dealkylation sites (tertiary alicyclic amines) is 1. The Morgan fingerprint density at radius 1 is 1.09 bits per heavy atom. The summed E-state index contributed by atoms with van der Waals surface area (Å²) >= 11 is 12.3. The van der Waals surface area contributed by atoms with Gasteiger partial charge in [0.2, 0.25) is 15.9 Å². The molecule has 2 fully saturated rings. The summed E-state index contributed by atoms with van der Waals surface area (Å²) in [5.41, 5.74) is 0.424. The standard InChI is InChI=1S/C23H35Cl2N3O3S/c1-17-13-18(2)15-27(14-17)10-4-9-26-23(29)19-7-11-28(12-8-19)32(30,31)16-20-21(24)5-3-6-22(20)25/h3,5-6,17-19H,4,7-16H2,1-2H3,(H,26,29)/t17-,18-/m1/s1. The first-order chi connectivity index (χ1) is 15.2. The lowest BCUT2D eigenvalue weighted by molar-refractivity contribution is -0.126. The van der Waals surface area contributed by atoms with Crippen molar-refractivity contribution in [3.05, 3.63) is 33.8 Å². The van der Waals surface area contributed by atoms with Crippen molar-refractivity contribution in [2.75, 3.05) is 39.3 Å². The van der Waals surface area contributed by atoms with Crippen molar-refractivity contribution < 1.29 is 13.2 Å². The minimum absolute atomic E-state index is 0.0385.